The summed E-state index contributed by atoms with van der Waals surface area (Å²) in [4.78, 5) is 28.3. The van der Waals surface area contributed by atoms with E-state index in [-0.39, 0.29) is 34.8 Å². The summed E-state index contributed by atoms with van der Waals surface area (Å²) in [6.45, 7) is 11.1. The van der Waals surface area contributed by atoms with Crippen LogP contribution in [0.15, 0.2) is 48.5 Å². The van der Waals surface area contributed by atoms with Gasteiger partial charge in [-0.1, -0.05) is 65.0 Å². The normalized spacial score (nSPS) is 15.7. The molecule has 0 spiro atoms. The highest BCUT2D eigenvalue weighted by Gasteiger charge is 2.40. The van der Waals surface area contributed by atoms with Gasteiger partial charge in [-0.15, -0.1) is 11.8 Å². The molecule has 2 aromatic carbocycles. The van der Waals surface area contributed by atoms with Gasteiger partial charge in [0.25, 0.3) is 0 Å². The molecule has 38 heavy (non-hydrogen) atoms. The first-order valence-corrected chi connectivity index (χ1v) is 14.3. The fourth-order valence-electron chi connectivity index (χ4n) is 4.76. The monoisotopic (exact) mass is 534 g/mol. The fourth-order valence-corrected chi connectivity index (χ4v) is 5.96. The van der Waals surface area contributed by atoms with Crippen LogP contribution in [0, 0.1) is 0 Å². The molecule has 8 heteroatoms. The Balaban J connectivity index is 2.01. The van der Waals surface area contributed by atoms with Crippen molar-refractivity contribution in [1.29, 1.82) is 0 Å². The molecule has 202 valence electrons. The number of amides is 2. The van der Waals surface area contributed by atoms with Gasteiger partial charge in [0, 0.05) is 17.5 Å². The molecule has 1 aliphatic rings. The number of fused-ring (bicyclic) bond motifs is 1. The standard InChI is InChI=1S/C30H38N4O3S/c1-7-17-31-24(35)18-33-25(36)19-38-27(21-13-15-22(37-6)16-14-21)26-28(30(3,4)5)32-34(29(26)33)23-12-10-9-11-20(23)8-2/h9-16,27H,7-8,17-19H2,1-6H3,(H,31,35)/t27-/m1/s1. The number of benzene rings is 2. The Morgan fingerprint density at radius 1 is 1.13 bits per heavy atom. The molecule has 0 aliphatic carbocycles. The number of hydrogen-bond acceptors (Lipinski definition) is 5. The lowest BCUT2D eigenvalue weighted by molar-refractivity contribution is -0.122. The number of rotatable bonds is 8. The number of hydrogen-bond donors (Lipinski definition) is 1. The van der Waals surface area contributed by atoms with Crippen LogP contribution in [0.25, 0.3) is 5.69 Å². The van der Waals surface area contributed by atoms with Gasteiger partial charge in [0.1, 0.15) is 18.1 Å². The number of aromatic nitrogens is 2. The Morgan fingerprint density at radius 2 is 1.84 bits per heavy atom. The van der Waals surface area contributed by atoms with E-state index in [1.165, 1.54) is 0 Å². The summed E-state index contributed by atoms with van der Waals surface area (Å²) in [5, 5.41) is 8.00. The lowest BCUT2D eigenvalue weighted by Gasteiger charge is -2.25. The number of anilines is 1. The first-order valence-electron chi connectivity index (χ1n) is 13.2. The van der Waals surface area contributed by atoms with E-state index >= 15 is 0 Å². The molecule has 1 atom stereocenters. The summed E-state index contributed by atoms with van der Waals surface area (Å²) in [6.07, 6.45) is 1.65. The van der Waals surface area contributed by atoms with Crippen LogP contribution in [0.1, 0.15) is 68.7 Å². The molecule has 0 fully saturated rings. The number of nitrogens with one attached hydrogen (secondary N) is 1. The van der Waals surface area contributed by atoms with Crippen molar-refractivity contribution in [3.8, 4) is 11.4 Å². The highest BCUT2D eigenvalue weighted by atomic mass is 32.2. The predicted molar refractivity (Wildman–Crippen MR) is 155 cm³/mol. The molecule has 3 aromatic rings. The Labute approximate surface area is 229 Å². The first kappa shape index (κ1) is 27.8. The number of thioether (sulfide) groups is 1. The summed E-state index contributed by atoms with van der Waals surface area (Å²) >= 11 is 1.58. The third kappa shape index (κ3) is 5.60. The average molecular weight is 535 g/mol. The third-order valence-corrected chi connectivity index (χ3v) is 7.95. The molecule has 0 unspecified atom stereocenters. The van der Waals surface area contributed by atoms with E-state index in [1.807, 2.05) is 41.9 Å². The van der Waals surface area contributed by atoms with Gasteiger partial charge in [0.2, 0.25) is 11.8 Å². The molecule has 0 saturated heterocycles. The zero-order valence-electron chi connectivity index (χ0n) is 23.2. The maximum absolute atomic E-state index is 13.7. The van der Waals surface area contributed by atoms with Crippen molar-refractivity contribution in [3.63, 3.8) is 0 Å². The number of ether oxygens (including phenoxy) is 1. The zero-order chi connectivity index (χ0) is 27.4. The number of carbonyl (C=O) groups excluding carboxylic acids is 2. The topological polar surface area (TPSA) is 76.5 Å². The number of methoxy groups -OCH3 is 1. The summed E-state index contributed by atoms with van der Waals surface area (Å²) in [7, 11) is 1.65. The molecule has 1 N–H and O–H groups in total. The van der Waals surface area contributed by atoms with Crippen LogP contribution >= 0.6 is 11.8 Å². The maximum Gasteiger partial charge on any atom is 0.240 e. The quantitative estimate of drug-likeness (QED) is 0.417. The lowest BCUT2D eigenvalue weighted by Crippen LogP contribution is -2.42. The highest BCUT2D eigenvalue weighted by molar-refractivity contribution is 8.00. The Bertz CT molecular complexity index is 1290. The minimum Gasteiger partial charge on any atom is -0.497 e. The van der Waals surface area contributed by atoms with Crippen LogP contribution in [0.3, 0.4) is 0 Å². The summed E-state index contributed by atoms with van der Waals surface area (Å²) < 4.78 is 7.30. The van der Waals surface area contributed by atoms with E-state index in [9.17, 15) is 9.59 Å². The van der Waals surface area contributed by atoms with Crippen LogP contribution in [0.2, 0.25) is 0 Å². The Morgan fingerprint density at radius 3 is 2.47 bits per heavy atom. The van der Waals surface area contributed by atoms with Gasteiger partial charge in [0.15, 0.2) is 0 Å². The van der Waals surface area contributed by atoms with Crippen molar-refractivity contribution in [2.24, 2.45) is 0 Å². The molecule has 0 saturated carbocycles. The van der Waals surface area contributed by atoms with Crippen molar-refractivity contribution in [3.05, 3.63) is 70.9 Å². The van der Waals surface area contributed by atoms with Crippen molar-refractivity contribution in [1.82, 2.24) is 15.1 Å². The second-order valence-electron chi connectivity index (χ2n) is 10.5. The van der Waals surface area contributed by atoms with E-state index in [0.29, 0.717) is 12.4 Å². The van der Waals surface area contributed by atoms with Crippen molar-refractivity contribution >= 4 is 29.4 Å². The fraction of sp³-hybridized carbons (Fsp3) is 0.433. The van der Waals surface area contributed by atoms with Gasteiger partial charge in [-0.2, -0.15) is 5.10 Å². The van der Waals surface area contributed by atoms with Crippen molar-refractivity contribution in [2.45, 2.75) is 58.1 Å². The van der Waals surface area contributed by atoms with Gasteiger partial charge in [-0.05, 0) is 42.2 Å². The molecular weight excluding hydrogens is 496 g/mol. The summed E-state index contributed by atoms with van der Waals surface area (Å²) in [5.74, 6) is 1.44. The third-order valence-electron chi connectivity index (χ3n) is 6.69. The second-order valence-corrected chi connectivity index (χ2v) is 11.6. The summed E-state index contributed by atoms with van der Waals surface area (Å²) in [6, 6.07) is 16.2. The van der Waals surface area contributed by atoms with Gasteiger partial charge in [-0.25, -0.2) is 4.68 Å². The molecule has 2 heterocycles. The van der Waals surface area contributed by atoms with E-state index in [0.717, 1.165) is 46.7 Å². The SMILES string of the molecule is CCCNC(=O)CN1C(=O)CS[C@H](c2ccc(OC)cc2)c2c(C(C)(C)C)nn(-c3ccccc3CC)c21. The van der Waals surface area contributed by atoms with Crippen LogP contribution in [0.5, 0.6) is 5.75 Å². The van der Waals surface area contributed by atoms with Crippen LogP contribution in [-0.4, -0.2) is 47.5 Å². The van der Waals surface area contributed by atoms with E-state index < -0.39 is 0 Å². The largest absolute Gasteiger partial charge is 0.497 e. The number of aryl methyl sites for hydroxylation is 1. The summed E-state index contributed by atoms with van der Waals surface area (Å²) in [5.41, 5.74) is 4.71. The minimum absolute atomic E-state index is 0.0503. The van der Waals surface area contributed by atoms with Gasteiger partial charge in [0.05, 0.1) is 29.5 Å². The van der Waals surface area contributed by atoms with Gasteiger partial charge >= 0.3 is 0 Å². The molecular formula is C30H38N4O3S. The smallest absolute Gasteiger partial charge is 0.240 e. The molecule has 1 aliphatic heterocycles. The zero-order valence-corrected chi connectivity index (χ0v) is 24.0. The Kier molecular flexibility index (Phi) is 8.51. The molecule has 4 rings (SSSR count). The van der Waals surface area contributed by atoms with Crippen molar-refractivity contribution < 1.29 is 14.3 Å². The first-order chi connectivity index (χ1) is 18.2. The van der Waals surface area contributed by atoms with Crippen LogP contribution in [-0.2, 0) is 21.4 Å². The number of carbonyl (C=O) groups is 2. The second kappa shape index (κ2) is 11.6. The maximum atomic E-state index is 13.7. The van der Waals surface area contributed by atoms with Crippen molar-refractivity contribution in [2.75, 3.05) is 30.9 Å². The number of para-hydroxylation sites is 1. The number of nitrogens with zero attached hydrogens (tertiary/aromatic N) is 3. The molecule has 0 radical (unpaired) electrons. The predicted octanol–water partition coefficient (Wildman–Crippen LogP) is 5.44. The molecule has 1 aromatic heterocycles. The average Bonchev–Trinajstić information content (AvgIpc) is 3.25. The van der Waals surface area contributed by atoms with E-state index in [4.69, 9.17) is 9.84 Å². The van der Waals surface area contributed by atoms with E-state index in [1.54, 1.807) is 23.8 Å². The molecule has 0 bridgehead atoms. The van der Waals surface area contributed by atoms with Gasteiger partial charge in [-0.3, -0.25) is 14.5 Å². The highest BCUT2D eigenvalue weighted by Crippen LogP contribution is 2.48. The minimum atomic E-state index is -0.300. The molecule has 7 nitrogen and oxygen atoms in total. The van der Waals surface area contributed by atoms with Crippen LogP contribution in [0.4, 0.5) is 5.82 Å². The lowest BCUT2D eigenvalue weighted by atomic mass is 9.87. The molecule has 2 amide bonds. The van der Waals surface area contributed by atoms with Gasteiger partial charge < -0.3 is 10.1 Å². The van der Waals surface area contributed by atoms with E-state index in [2.05, 4.69) is 51.2 Å². The Hall–Kier alpha value is -3.26. The van der Waals surface area contributed by atoms with Crippen LogP contribution < -0.4 is 15.0 Å².